The zero-order valence-electron chi connectivity index (χ0n) is 14.7. The second-order valence-corrected chi connectivity index (χ2v) is 6.20. The number of rotatable bonds is 2. The van der Waals surface area contributed by atoms with E-state index in [9.17, 15) is 13.6 Å². The highest BCUT2D eigenvalue weighted by molar-refractivity contribution is 5.93. The first kappa shape index (κ1) is 18.1. The Kier molecular flexibility index (Phi) is 4.98. The van der Waals surface area contributed by atoms with Gasteiger partial charge in [0.25, 0.3) is 0 Å². The van der Waals surface area contributed by atoms with E-state index < -0.39 is 12.6 Å². The number of pyridine rings is 1. The van der Waals surface area contributed by atoms with E-state index >= 15 is 0 Å². The summed E-state index contributed by atoms with van der Waals surface area (Å²) in [7, 11) is 0. The van der Waals surface area contributed by atoms with Gasteiger partial charge in [0.1, 0.15) is 11.3 Å². The van der Waals surface area contributed by atoms with Crippen molar-refractivity contribution in [2.75, 3.05) is 18.5 Å². The average Bonchev–Trinajstić information content (AvgIpc) is 3.11. The topological polar surface area (TPSA) is 81.1 Å². The summed E-state index contributed by atoms with van der Waals surface area (Å²) < 4.78 is 32.7. The number of carbonyl (C=O) groups is 1. The van der Waals surface area contributed by atoms with Gasteiger partial charge >= 0.3 is 12.6 Å². The van der Waals surface area contributed by atoms with Gasteiger partial charge in [0.2, 0.25) is 0 Å². The predicted molar refractivity (Wildman–Crippen MR) is 100.0 cm³/mol. The van der Waals surface area contributed by atoms with Crippen molar-refractivity contribution in [1.29, 1.82) is 0 Å². The van der Waals surface area contributed by atoms with Crippen LogP contribution in [0.5, 0.6) is 0 Å². The smallest absolute Gasteiger partial charge is 0.333 e. The van der Waals surface area contributed by atoms with Gasteiger partial charge in [-0.2, -0.15) is 13.9 Å². The van der Waals surface area contributed by atoms with Crippen LogP contribution in [-0.2, 0) is 4.74 Å². The molecule has 1 aromatic carbocycles. The van der Waals surface area contributed by atoms with Crippen molar-refractivity contribution < 1.29 is 18.3 Å². The van der Waals surface area contributed by atoms with Crippen LogP contribution < -0.4 is 10.6 Å². The minimum absolute atomic E-state index is 0.191. The number of alkyl halides is 2. The molecule has 9 heteroatoms. The number of benzene rings is 1. The molecule has 0 fully saturated rings. The van der Waals surface area contributed by atoms with E-state index in [1.54, 1.807) is 12.2 Å². The summed E-state index contributed by atoms with van der Waals surface area (Å²) in [6.07, 6.45) is 4.60. The van der Waals surface area contributed by atoms with Gasteiger partial charge in [-0.3, -0.25) is 5.32 Å². The molecule has 2 amide bonds. The Morgan fingerprint density at radius 2 is 2.07 bits per heavy atom. The monoisotopic (exact) mass is 385 g/mol. The Hall–Kier alpha value is -3.33. The lowest BCUT2D eigenvalue weighted by atomic mass is 10.1. The standard InChI is InChI=1S/C19H17F2N5O2/c20-18(21)26-17-13(10-22-26)9-16-23-14(17)7-4-8-28-11-15(24-19(27)25-16)12-5-2-1-3-6-12/h1-7,9-10,15,18H,8,11H2,(H2,23,24,25,27)/b7-4-/t15-/m1/s1. The van der Waals surface area contributed by atoms with Crippen LogP contribution in [0.15, 0.2) is 48.7 Å². The molecule has 3 heterocycles. The summed E-state index contributed by atoms with van der Waals surface area (Å²) in [6, 6.07) is 10.1. The Morgan fingerprint density at radius 1 is 1.25 bits per heavy atom. The lowest BCUT2D eigenvalue weighted by molar-refractivity contribution is 0.0614. The number of nitrogens with zero attached hydrogens (tertiary/aromatic N) is 3. The number of hydrogen-bond acceptors (Lipinski definition) is 4. The fraction of sp³-hybridized carbons (Fsp3) is 0.211. The molecular weight excluding hydrogens is 368 g/mol. The van der Waals surface area contributed by atoms with Crippen LogP contribution in [0, 0.1) is 0 Å². The van der Waals surface area contributed by atoms with Crippen LogP contribution in [0.2, 0.25) is 0 Å². The van der Waals surface area contributed by atoms with E-state index in [4.69, 9.17) is 4.74 Å². The largest absolute Gasteiger partial charge is 0.375 e. The Morgan fingerprint density at radius 3 is 2.86 bits per heavy atom. The summed E-state index contributed by atoms with van der Waals surface area (Å²) in [5.41, 5.74) is 1.37. The minimum atomic E-state index is -2.80. The quantitative estimate of drug-likeness (QED) is 0.704. The van der Waals surface area contributed by atoms with Gasteiger partial charge in [0.05, 0.1) is 31.1 Å². The third-order valence-electron chi connectivity index (χ3n) is 4.31. The SMILES string of the molecule is O=C1Nc2cc3cnn(C(F)F)c3c(n2)/C=C\COC[C@H](c2ccccc2)N1. The molecule has 1 atom stereocenters. The van der Waals surface area contributed by atoms with E-state index in [1.165, 1.54) is 12.3 Å². The number of urea groups is 1. The van der Waals surface area contributed by atoms with Crippen molar-refractivity contribution in [2.24, 2.45) is 0 Å². The number of halogens is 2. The lowest BCUT2D eigenvalue weighted by Gasteiger charge is -2.20. The number of carbonyl (C=O) groups excluding carboxylic acids is 1. The summed E-state index contributed by atoms with van der Waals surface area (Å²) in [4.78, 5) is 16.8. The Labute approximate surface area is 159 Å². The molecular formula is C19H17F2N5O2. The highest BCUT2D eigenvalue weighted by atomic mass is 19.3. The fourth-order valence-corrected chi connectivity index (χ4v) is 3.07. The summed E-state index contributed by atoms with van der Waals surface area (Å²) in [5.74, 6) is 0.242. The van der Waals surface area contributed by atoms with Crippen molar-refractivity contribution >= 4 is 28.8 Å². The maximum Gasteiger partial charge on any atom is 0.333 e. The van der Waals surface area contributed by atoms with Crippen molar-refractivity contribution in [3.8, 4) is 0 Å². The molecule has 2 aromatic heterocycles. The number of ether oxygens (including phenoxy) is 1. The zero-order chi connectivity index (χ0) is 19.5. The second-order valence-electron chi connectivity index (χ2n) is 6.20. The molecule has 3 aromatic rings. The minimum Gasteiger partial charge on any atom is -0.375 e. The van der Waals surface area contributed by atoms with Crippen LogP contribution >= 0.6 is 0 Å². The molecule has 0 saturated heterocycles. The molecule has 7 nitrogen and oxygen atoms in total. The van der Waals surface area contributed by atoms with Crippen LogP contribution in [0.4, 0.5) is 19.4 Å². The van der Waals surface area contributed by atoms with Crippen molar-refractivity contribution in [3.05, 3.63) is 59.9 Å². The van der Waals surface area contributed by atoms with Crippen LogP contribution in [-0.4, -0.2) is 34.0 Å². The summed E-state index contributed by atoms with van der Waals surface area (Å²) >= 11 is 0. The highest BCUT2D eigenvalue weighted by Gasteiger charge is 2.19. The van der Waals surface area contributed by atoms with Gasteiger partial charge in [0.15, 0.2) is 0 Å². The number of fused-ring (bicyclic) bond motifs is 4. The molecule has 144 valence electrons. The van der Waals surface area contributed by atoms with Crippen molar-refractivity contribution in [3.63, 3.8) is 0 Å². The fourth-order valence-electron chi connectivity index (χ4n) is 3.07. The number of hydrogen-bond donors (Lipinski definition) is 2. The van der Waals surface area contributed by atoms with E-state index in [-0.39, 0.29) is 36.3 Å². The van der Waals surface area contributed by atoms with Gasteiger partial charge in [-0.25, -0.2) is 14.5 Å². The molecule has 0 aliphatic carbocycles. The van der Waals surface area contributed by atoms with Crippen LogP contribution in [0.1, 0.15) is 23.8 Å². The van der Waals surface area contributed by atoms with Gasteiger partial charge in [-0.15, -0.1) is 0 Å². The third kappa shape index (κ3) is 3.70. The molecule has 1 aliphatic rings. The summed E-state index contributed by atoms with van der Waals surface area (Å²) in [5, 5.41) is 9.68. The Bertz CT molecular complexity index is 1020. The number of anilines is 1. The van der Waals surface area contributed by atoms with E-state index in [2.05, 4.69) is 20.7 Å². The van der Waals surface area contributed by atoms with E-state index in [0.717, 1.165) is 5.56 Å². The van der Waals surface area contributed by atoms with Crippen molar-refractivity contribution in [1.82, 2.24) is 20.1 Å². The third-order valence-corrected chi connectivity index (χ3v) is 4.31. The first-order chi connectivity index (χ1) is 13.6. The Balaban J connectivity index is 1.69. The normalized spacial score (nSPS) is 18.8. The average molecular weight is 385 g/mol. The molecule has 0 spiro atoms. The van der Waals surface area contributed by atoms with E-state index in [1.807, 2.05) is 30.3 Å². The first-order valence-corrected chi connectivity index (χ1v) is 8.65. The second kappa shape index (κ2) is 7.73. The van der Waals surface area contributed by atoms with Gasteiger partial charge in [-0.05, 0) is 17.7 Å². The number of aromatic nitrogens is 3. The number of nitrogens with one attached hydrogen (secondary N) is 2. The maximum absolute atomic E-state index is 13.2. The molecule has 0 saturated carbocycles. The molecule has 2 N–H and O–H groups in total. The van der Waals surface area contributed by atoms with Crippen LogP contribution in [0.3, 0.4) is 0 Å². The van der Waals surface area contributed by atoms with Gasteiger partial charge in [0, 0.05) is 5.39 Å². The van der Waals surface area contributed by atoms with Crippen LogP contribution in [0.25, 0.3) is 17.0 Å². The number of amides is 2. The van der Waals surface area contributed by atoms with E-state index in [0.29, 0.717) is 10.1 Å². The van der Waals surface area contributed by atoms with Gasteiger partial charge in [-0.1, -0.05) is 36.4 Å². The molecule has 0 radical (unpaired) electrons. The molecule has 1 aliphatic heterocycles. The molecule has 0 unspecified atom stereocenters. The highest BCUT2D eigenvalue weighted by Crippen LogP contribution is 2.26. The lowest BCUT2D eigenvalue weighted by Crippen LogP contribution is -2.35. The molecule has 4 rings (SSSR count). The van der Waals surface area contributed by atoms with Crippen molar-refractivity contribution in [2.45, 2.75) is 12.6 Å². The predicted octanol–water partition coefficient (Wildman–Crippen LogP) is 3.73. The molecule has 28 heavy (non-hydrogen) atoms. The first-order valence-electron chi connectivity index (χ1n) is 8.65. The molecule has 2 bridgehead atoms. The van der Waals surface area contributed by atoms with Gasteiger partial charge < -0.3 is 10.1 Å². The maximum atomic E-state index is 13.2. The summed E-state index contributed by atoms with van der Waals surface area (Å²) in [6.45, 7) is -2.30. The zero-order valence-corrected chi connectivity index (χ0v) is 14.7.